The van der Waals surface area contributed by atoms with Crippen LogP contribution in [0, 0.1) is 16.0 Å². The van der Waals surface area contributed by atoms with Crippen molar-refractivity contribution in [3.05, 3.63) is 39.9 Å². The van der Waals surface area contributed by atoms with Crippen molar-refractivity contribution in [2.75, 3.05) is 6.61 Å². The monoisotopic (exact) mass is 314 g/mol. The molecule has 0 spiro atoms. The number of aliphatic hydroxyl groups excluding tert-OH is 1. The first-order valence-corrected chi connectivity index (χ1v) is 8.41. The maximum absolute atomic E-state index is 12.1. The Morgan fingerprint density at radius 3 is 2.52 bits per heavy atom. The molecular formula is C13H18N2O5S. The van der Waals surface area contributed by atoms with E-state index in [1.807, 2.05) is 0 Å². The van der Waals surface area contributed by atoms with Crippen molar-refractivity contribution in [1.82, 2.24) is 4.72 Å². The number of hydrogen-bond donors (Lipinski definition) is 2. The molecule has 1 saturated carbocycles. The Morgan fingerprint density at radius 2 is 1.95 bits per heavy atom. The van der Waals surface area contributed by atoms with Crippen LogP contribution < -0.4 is 4.72 Å². The number of aliphatic hydroxyl groups is 1. The predicted molar refractivity (Wildman–Crippen MR) is 77.1 cm³/mol. The van der Waals surface area contributed by atoms with Crippen LogP contribution in [0.1, 0.15) is 24.8 Å². The summed E-state index contributed by atoms with van der Waals surface area (Å²) < 4.78 is 26.8. The summed E-state index contributed by atoms with van der Waals surface area (Å²) in [7, 11) is -3.53. The highest BCUT2D eigenvalue weighted by molar-refractivity contribution is 7.88. The van der Waals surface area contributed by atoms with Gasteiger partial charge in [0.2, 0.25) is 10.0 Å². The minimum Gasteiger partial charge on any atom is -0.396 e. The Morgan fingerprint density at radius 1 is 1.29 bits per heavy atom. The third kappa shape index (κ3) is 4.23. The van der Waals surface area contributed by atoms with Gasteiger partial charge >= 0.3 is 0 Å². The van der Waals surface area contributed by atoms with Crippen LogP contribution in [0.15, 0.2) is 24.3 Å². The van der Waals surface area contributed by atoms with E-state index in [1.165, 1.54) is 24.3 Å². The van der Waals surface area contributed by atoms with Crippen molar-refractivity contribution in [2.24, 2.45) is 5.92 Å². The largest absolute Gasteiger partial charge is 0.396 e. The van der Waals surface area contributed by atoms with Gasteiger partial charge in [-0.25, -0.2) is 13.1 Å². The van der Waals surface area contributed by atoms with Crippen molar-refractivity contribution in [3.63, 3.8) is 0 Å². The first-order valence-electron chi connectivity index (χ1n) is 6.75. The number of sulfonamides is 1. The van der Waals surface area contributed by atoms with Crippen molar-refractivity contribution in [2.45, 2.75) is 31.1 Å². The molecule has 2 atom stereocenters. The number of hydrogen-bond acceptors (Lipinski definition) is 5. The summed E-state index contributed by atoms with van der Waals surface area (Å²) in [6, 6.07) is 5.23. The lowest BCUT2D eigenvalue weighted by molar-refractivity contribution is -0.384. The van der Waals surface area contributed by atoms with Crippen molar-refractivity contribution < 1.29 is 18.4 Å². The smallest absolute Gasteiger partial charge is 0.269 e. The van der Waals surface area contributed by atoms with Crippen LogP contribution in [0.4, 0.5) is 5.69 Å². The highest BCUT2D eigenvalue weighted by atomic mass is 32.2. The summed E-state index contributed by atoms with van der Waals surface area (Å²) in [4.78, 5) is 10.0. The standard InChI is InChI=1S/C13H18N2O5S/c16-8-11-2-1-3-13(11)14-21(19,20)9-10-4-6-12(7-5-10)15(17)18/h4-7,11,13-14,16H,1-3,8-9H2. The number of nitro benzene ring substituents is 1. The fourth-order valence-corrected chi connectivity index (χ4v) is 4.10. The molecule has 1 aliphatic rings. The zero-order valence-corrected chi connectivity index (χ0v) is 12.3. The average molecular weight is 314 g/mol. The Bertz CT molecular complexity index is 599. The molecule has 2 rings (SSSR count). The topological polar surface area (TPSA) is 110 Å². The van der Waals surface area contributed by atoms with E-state index in [0.29, 0.717) is 5.56 Å². The molecule has 0 heterocycles. The molecule has 1 fully saturated rings. The van der Waals surface area contributed by atoms with Crippen LogP contribution in [-0.4, -0.2) is 31.1 Å². The Hall–Kier alpha value is -1.51. The van der Waals surface area contributed by atoms with E-state index < -0.39 is 14.9 Å². The van der Waals surface area contributed by atoms with E-state index >= 15 is 0 Å². The highest BCUT2D eigenvalue weighted by Crippen LogP contribution is 2.26. The second-order valence-electron chi connectivity index (χ2n) is 5.28. The van der Waals surface area contributed by atoms with Gasteiger partial charge in [0.15, 0.2) is 0 Å². The van der Waals surface area contributed by atoms with Gasteiger partial charge in [0.25, 0.3) is 5.69 Å². The van der Waals surface area contributed by atoms with Gasteiger partial charge in [0, 0.05) is 24.8 Å². The molecule has 0 aromatic heterocycles. The zero-order valence-electron chi connectivity index (χ0n) is 11.4. The SMILES string of the molecule is O=[N+]([O-])c1ccc(CS(=O)(=O)NC2CCCC2CO)cc1. The fourth-order valence-electron chi connectivity index (χ4n) is 2.62. The fraction of sp³-hybridized carbons (Fsp3) is 0.538. The summed E-state index contributed by atoms with van der Waals surface area (Å²) in [5.74, 6) is -0.253. The first-order chi connectivity index (χ1) is 9.91. The molecule has 0 bridgehead atoms. The molecule has 0 radical (unpaired) electrons. The number of non-ortho nitro benzene ring substituents is 1. The normalized spacial score (nSPS) is 22.3. The lowest BCUT2D eigenvalue weighted by atomic mass is 10.1. The van der Waals surface area contributed by atoms with Gasteiger partial charge in [0.1, 0.15) is 0 Å². The minimum atomic E-state index is -3.53. The highest BCUT2D eigenvalue weighted by Gasteiger charge is 2.30. The third-order valence-corrected chi connectivity index (χ3v) is 5.10. The second kappa shape index (κ2) is 6.50. The van der Waals surface area contributed by atoms with Gasteiger partial charge in [-0.3, -0.25) is 10.1 Å². The molecule has 7 nitrogen and oxygen atoms in total. The molecule has 116 valence electrons. The molecule has 21 heavy (non-hydrogen) atoms. The van der Waals surface area contributed by atoms with E-state index in [1.54, 1.807) is 0 Å². The van der Waals surface area contributed by atoms with Gasteiger partial charge in [-0.1, -0.05) is 18.6 Å². The maximum Gasteiger partial charge on any atom is 0.269 e. The minimum absolute atomic E-state index is 0.0231. The molecule has 1 aromatic carbocycles. The van der Waals surface area contributed by atoms with E-state index in [-0.39, 0.29) is 30.0 Å². The Labute approximate surface area is 123 Å². The number of nitrogens with zero attached hydrogens (tertiary/aromatic N) is 1. The molecular weight excluding hydrogens is 296 g/mol. The first kappa shape index (κ1) is 15.9. The summed E-state index contributed by atoms with van der Waals surface area (Å²) in [5, 5.41) is 19.8. The maximum atomic E-state index is 12.1. The van der Waals surface area contributed by atoms with Crippen LogP contribution >= 0.6 is 0 Å². The molecule has 2 unspecified atom stereocenters. The molecule has 1 aromatic rings. The molecule has 0 amide bonds. The molecule has 0 aliphatic heterocycles. The van der Waals surface area contributed by atoms with Crippen LogP contribution in [-0.2, 0) is 15.8 Å². The number of nitro groups is 1. The molecule has 2 N–H and O–H groups in total. The van der Waals surface area contributed by atoms with Gasteiger partial charge in [-0.2, -0.15) is 0 Å². The van der Waals surface area contributed by atoms with Crippen molar-refractivity contribution in [1.29, 1.82) is 0 Å². The Kier molecular flexibility index (Phi) is 4.92. The third-order valence-electron chi connectivity index (χ3n) is 3.73. The Balaban J connectivity index is 2.02. The lowest BCUT2D eigenvalue weighted by Crippen LogP contribution is -2.39. The summed E-state index contributed by atoms with van der Waals surface area (Å²) >= 11 is 0. The van der Waals surface area contributed by atoms with Crippen LogP contribution in [0.5, 0.6) is 0 Å². The average Bonchev–Trinajstić information content (AvgIpc) is 2.85. The molecule has 1 aliphatic carbocycles. The predicted octanol–water partition coefficient (Wildman–Crippen LogP) is 1.18. The van der Waals surface area contributed by atoms with E-state index in [0.717, 1.165) is 19.3 Å². The van der Waals surface area contributed by atoms with Crippen molar-refractivity contribution in [3.8, 4) is 0 Å². The lowest BCUT2D eigenvalue weighted by Gasteiger charge is -2.18. The van der Waals surface area contributed by atoms with Gasteiger partial charge < -0.3 is 5.11 Å². The van der Waals surface area contributed by atoms with Crippen LogP contribution in [0.3, 0.4) is 0 Å². The van der Waals surface area contributed by atoms with E-state index in [9.17, 15) is 23.6 Å². The zero-order chi connectivity index (χ0) is 15.5. The second-order valence-corrected chi connectivity index (χ2v) is 7.03. The summed E-state index contributed by atoms with van der Waals surface area (Å²) in [5.41, 5.74) is 0.423. The quantitative estimate of drug-likeness (QED) is 0.605. The van der Waals surface area contributed by atoms with Gasteiger partial charge in [0.05, 0.1) is 10.7 Å². The van der Waals surface area contributed by atoms with E-state index in [4.69, 9.17) is 0 Å². The molecule has 8 heteroatoms. The summed E-state index contributed by atoms with van der Waals surface area (Å²) in [6.07, 6.45) is 2.45. The number of rotatable bonds is 6. The number of nitrogens with one attached hydrogen (secondary N) is 1. The van der Waals surface area contributed by atoms with Gasteiger partial charge in [-0.05, 0) is 24.3 Å². The number of benzene rings is 1. The van der Waals surface area contributed by atoms with E-state index in [2.05, 4.69) is 4.72 Å². The summed E-state index contributed by atoms with van der Waals surface area (Å²) in [6.45, 7) is -0.0231. The van der Waals surface area contributed by atoms with Crippen molar-refractivity contribution >= 4 is 15.7 Å². The van der Waals surface area contributed by atoms with Crippen LogP contribution in [0.25, 0.3) is 0 Å². The van der Waals surface area contributed by atoms with Crippen LogP contribution in [0.2, 0.25) is 0 Å². The molecule has 0 saturated heterocycles. The van der Waals surface area contributed by atoms with Gasteiger partial charge in [-0.15, -0.1) is 0 Å².